The molecule has 2 unspecified atom stereocenters. The molecule has 4 rings (SSSR count). The molecule has 3 nitrogen and oxygen atoms in total. The second kappa shape index (κ2) is 5.17. The maximum absolute atomic E-state index is 6.40. The number of nitrogens with one attached hydrogen (secondary N) is 1. The second-order valence-electron chi connectivity index (χ2n) is 5.76. The number of aromatic nitrogens is 1. The van der Waals surface area contributed by atoms with E-state index in [0.717, 1.165) is 16.2 Å². The summed E-state index contributed by atoms with van der Waals surface area (Å²) in [4.78, 5) is 7.12. The molecule has 0 aliphatic carbocycles. The van der Waals surface area contributed by atoms with Gasteiger partial charge in [-0.15, -0.1) is 11.3 Å². The predicted octanol–water partition coefficient (Wildman–Crippen LogP) is 3.99. The van der Waals surface area contributed by atoms with Crippen LogP contribution in [-0.2, 0) is 0 Å². The zero-order valence-electron chi connectivity index (χ0n) is 11.3. The highest BCUT2D eigenvalue weighted by Crippen LogP contribution is 2.36. The molecule has 0 saturated carbocycles. The molecule has 2 aliphatic rings. The van der Waals surface area contributed by atoms with Gasteiger partial charge in [0.1, 0.15) is 5.52 Å². The van der Waals surface area contributed by atoms with Crippen LogP contribution in [0.3, 0.4) is 0 Å². The third-order valence-corrected chi connectivity index (χ3v) is 5.75. The number of benzene rings is 1. The van der Waals surface area contributed by atoms with Gasteiger partial charge in [-0.3, -0.25) is 4.90 Å². The van der Waals surface area contributed by atoms with Gasteiger partial charge in [-0.2, -0.15) is 0 Å². The van der Waals surface area contributed by atoms with Gasteiger partial charge < -0.3 is 5.32 Å². The maximum atomic E-state index is 6.40. The van der Waals surface area contributed by atoms with Crippen molar-refractivity contribution in [3.63, 3.8) is 0 Å². The number of rotatable bonds is 2. The monoisotopic (exact) mass is 307 g/mol. The second-order valence-corrected chi connectivity index (χ2v) is 7.05. The fraction of sp³-hybridized carbons (Fsp3) is 0.533. The molecule has 1 aromatic heterocycles. The molecule has 2 aliphatic heterocycles. The molecule has 20 heavy (non-hydrogen) atoms. The average molecular weight is 308 g/mol. The Kier molecular flexibility index (Phi) is 3.33. The first-order valence-corrected chi connectivity index (χ1v) is 8.61. The third-order valence-electron chi connectivity index (χ3n) is 4.64. The Morgan fingerprint density at radius 3 is 3.15 bits per heavy atom. The number of halogens is 1. The van der Waals surface area contributed by atoms with Crippen molar-refractivity contribution in [3.8, 4) is 0 Å². The molecular weight excluding hydrogens is 290 g/mol. The number of fused-ring (bicyclic) bond motifs is 2. The average Bonchev–Trinajstić information content (AvgIpc) is 3.09. The summed E-state index contributed by atoms with van der Waals surface area (Å²) in [5.74, 6) is 0. The van der Waals surface area contributed by atoms with Crippen molar-refractivity contribution < 1.29 is 0 Å². The van der Waals surface area contributed by atoms with Gasteiger partial charge in [0.05, 0.1) is 20.9 Å². The summed E-state index contributed by atoms with van der Waals surface area (Å²) in [6, 6.07) is 5.23. The molecule has 1 N–H and O–H groups in total. The molecule has 2 aromatic rings. The van der Waals surface area contributed by atoms with E-state index in [-0.39, 0.29) is 0 Å². The quantitative estimate of drug-likeness (QED) is 0.909. The van der Waals surface area contributed by atoms with E-state index in [2.05, 4.69) is 21.3 Å². The molecule has 1 aromatic carbocycles. The van der Waals surface area contributed by atoms with Crippen molar-refractivity contribution in [1.29, 1.82) is 0 Å². The van der Waals surface area contributed by atoms with Gasteiger partial charge in [0.15, 0.2) is 0 Å². The van der Waals surface area contributed by atoms with E-state index in [1.165, 1.54) is 43.5 Å². The molecule has 106 valence electrons. The van der Waals surface area contributed by atoms with Crippen molar-refractivity contribution in [3.05, 3.63) is 22.7 Å². The minimum Gasteiger partial charge on any atom is -0.378 e. The van der Waals surface area contributed by atoms with Crippen LogP contribution in [0.5, 0.6) is 0 Å². The van der Waals surface area contributed by atoms with Crippen LogP contribution >= 0.6 is 22.9 Å². The van der Waals surface area contributed by atoms with Gasteiger partial charge in [0.2, 0.25) is 0 Å². The van der Waals surface area contributed by atoms with Gasteiger partial charge in [0.25, 0.3) is 0 Å². The Bertz CT molecular complexity index is 627. The van der Waals surface area contributed by atoms with E-state index in [1.807, 2.05) is 11.6 Å². The summed E-state index contributed by atoms with van der Waals surface area (Å²) < 4.78 is 1.20. The Hall–Kier alpha value is -0.840. The molecule has 2 atom stereocenters. The number of hydrogen-bond donors (Lipinski definition) is 1. The lowest BCUT2D eigenvalue weighted by molar-refractivity contribution is 0.193. The molecule has 0 amide bonds. The predicted molar refractivity (Wildman–Crippen MR) is 85.9 cm³/mol. The molecule has 3 heterocycles. The Labute approximate surface area is 127 Å². The van der Waals surface area contributed by atoms with E-state index in [1.54, 1.807) is 11.3 Å². The van der Waals surface area contributed by atoms with Gasteiger partial charge in [-0.25, -0.2) is 4.98 Å². The highest BCUT2D eigenvalue weighted by molar-refractivity contribution is 7.16. The summed E-state index contributed by atoms with van der Waals surface area (Å²) in [6.45, 7) is 2.48. The lowest BCUT2D eigenvalue weighted by atomic mass is 9.99. The van der Waals surface area contributed by atoms with Crippen LogP contribution in [0, 0.1) is 0 Å². The van der Waals surface area contributed by atoms with Crippen molar-refractivity contribution in [2.45, 2.75) is 37.8 Å². The van der Waals surface area contributed by atoms with Gasteiger partial charge in [0, 0.05) is 18.6 Å². The minimum absolute atomic E-state index is 0.514. The van der Waals surface area contributed by atoms with E-state index < -0.39 is 0 Å². The molecule has 5 heteroatoms. The van der Waals surface area contributed by atoms with Gasteiger partial charge >= 0.3 is 0 Å². The number of hydrogen-bond acceptors (Lipinski definition) is 4. The zero-order valence-corrected chi connectivity index (χ0v) is 12.9. The topological polar surface area (TPSA) is 28.2 Å². The van der Waals surface area contributed by atoms with Crippen LogP contribution in [0.4, 0.5) is 5.69 Å². The number of nitrogens with zero attached hydrogens (tertiary/aromatic N) is 2. The van der Waals surface area contributed by atoms with Crippen molar-refractivity contribution in [2.24, 2.45) is 0 Å². The summed E-state index contributed by atoms with van der Waals surface area (Å²) in [5.41, 5.74) is 3.95. The first-order valence-electron chi connectivity index (χ1n) is 7.35. The van der Waals surface area contributed by atoms with E-state index >= 15 is 0 Å². The highest BCUT2D eigenvalue weighted by atomic mass is 35.5. The van der Waals surface area contributed by atoms with Crippen LogP contribution in [-0.4, -0.2) is 35.1 Å². The molecule has 0 bridgehead atoms. The first kappa shape index (κ1) is 12.9. The Morgan fingerprint density at radius 1 is 1.25 bits per heavy atom. The van der Waals surface area contributed by atoms with Crippen molar-refractivity contribution >= 4 is 38.8 Å². The van der Waals surface area contributed by atoms with E-state index in [9.17, 15) is 0 Å². The summed E-state index contributed by atoms with van der Waals surface area (Å²) >= 11 is 8.07. The maximum Gasteiger partial charge on any atom is 0.106 e. The molecule has 0 radical (unpaired) electrons. The van der Waals surface area contributed by atoms with Crippen LogP contribution < -0.4 is 5.32 Å². The molecular formula is C15H18ClN3S. The third kappa shape index (κ3) is 2.10. The largest absolute Gasteiger partial charge is 0.378 e. The smallest absolute Gasteiger partial charge is 0.106 e. The van der Waals surface area contributed by atoms with Crippen LogP contribution in [0.25, 0.3) is 10.2 Å². The van der Waals surface area contributed by atoms with Crippen LogP contribution in [0.15, 0.2) is 17.6 Å². The number of thiazole rings is 1. The Morgan fingerprint density at radius 2 is 2.20 bits per heavy atom. The molecule has 0 spiro atoms. The summed E-state index contributed by atoms with van der Waals surface area (Å²) in [7, 11) is 0. The number of anilines is 1. The summed E-state index contributed by atoms with van der Waals surface area (Å²) in [6.07, 6.45) is 5.23. The van der Waals surface area contributed by atoms with E-state index in [0.29, 0.717) is 12.1 Å². The minimum atomic E-state index is 0.514. The standard InChI is InChI=1S/C15H18ClN3S/c16-10-4-5-13-15(17-9-20-13)14(10)18-11-6-8-19-7-2-1-3-12(11)19/h4-5,9,11-12,18H,1-3,6-8H2. The van der Waals surface area contributed by atoms with Crippen molar-refractivity contribution in [1.82, 2.24) is 9.88 Å². The van der Waals surface area contributed by atoms with Crippen molar-refractivity contribution in [2.75, 3.05) is 18.4 Å². The number of piperidine rings is 1. The lowest BCUT2D eigenvalue weighted by Crippen LogP contribution is -2.41. The normalized spacial score (nSPS) is 26.9. The SMILES string of the molecule is Clc1ccc2scnc2c1NC1CCN2CCCCC12. The molecule has 2 saturated heterocycles. The first-order chi connectivity index (χ1) is 9.83. The van der Waals surface area contributed by atoms with Gasteiger partial charge in [-0.1, -0.05) is 18.0 Å². The van der Waals surface area contributed by atoms with Gasteiger partial charge in [-0.05, 0) is 37.9 Å². The Balaban J connectivity index is 1.64. The molecule has 2 fully saturated rings. The lowest BCUT2D eigenvalue weighted by Gasteiger charge is -2.33. The fourth-order valence-electron chi connectivity index (χ4n) is 3.64. The van der Waals surface area contributed by atoms with E-state index in [4.69, 9.17) is 11.6 Å². The van der Waals surface area contributed by atoms with Crippen LogP contribution in [0.1, 0.15) is 25.7 Å². The zero-order chi connectivity index (χ0) is 13.5. The summed E-state index contributed by atoms with van der Waals surface area (Å²) in [5, 5.41) is 4.50. The highest BCUT2D eigenvalue weighted by Gasteiger charge is 2.35. The fourth-order valence-corrected chi connectivity index (χ4v) is 4.54. The van der Waals surface area contributed by atoms with Crippen LogP contribution in [0.2, 0.25) is 5.02 Å².